The first-order valence-electron chi connectivity index (χ1n) is 15.7. The Labute approximate surface area is 286 Å². The lowest BCUT2D eigenvalue weighted by Gasteiger charge is -2.37. The molecule has 3 N–H and O–H groups in total. The van der Waals surface area contributed by atoms with Crippen LogP contribution in [-0.4, -0.2) is 66.5 Å². The molecule has 0 bridgehead atoms. The standard InChI is InChI=1S/C36H37N3O11/c1-22(40)48-33-32(50-31(43)18-17-29(37)41)28(49-34(33)39-20-19-30(42)38-35(39)44)21-47-36(23-7-5-4-6-8-23,24-9-13-26(45-2)14-10-24)25-11-15-27(46-3)16-12-25/h4-16,19-20,28,32-34H,17-18,21H2,1-3H3,(H2,37,41)(H,38,42,44)/t28-,32-,33-,34-/m1/s1. The van der Waals surface area contributed by atoms with Crippen molar-refractivity contribution in [2.24, 2.45) is 5.73 Å². The Balaban J connectivity index is 1.63. The van der Waals surface area contributed by atoms with E-state index < -0.39 is 59.2 Å². The molecule has 14 nitrogen and oxygen atoms in total. The van der Waals surface area contributed by atoms with E-state index in [9.17, 15) is 24.0 Å². The van der Waals surface area contributed by atoms with E-state index in [1.807, 2.05) is 54.6 Å². The van der Waals surface area contributed by atoms with E-state index in [2.05, 4.69) is 4.98 Å². The number of amides is 1. The first-order valence-corrected chi connectivity index (χ1v) is 15.7. The summed E-state index contributed by atoms with van der Waals surface area (Å²) in [5.74, 6) is -1.06. The fourth-order valence-electron chi connectivity index (χ4n) is 5.87. The van der Waals surface area contributed by atoms with Crippen molar-refractivity contribution < 1.29 is 42.8 Å². The molecule has 4 atom stereocenters. The van der Waals surface area contributed by atoms with Gasteiger partial charge in [-0.1, -0.05) is 54.6 Å². The highest BCUT2D eigenvalue weighted by molar-refractivity contribution is 5.80. The van der Waals surface area contributed by atoms with Crippen LogP contribution in [0.3, 0.4) is 0 Å². The average Bonchev–Trinajstić information content (AvgIpc) is 3.43. The van der Waals surface area contributed by atoms with Crippen molar-refractivity contribution in [3.8, 4) is 11.5 Å². The summed E-state index contributed by atoms with van der Waals surface area (Å²) >= 11 is 0. The quantitative estimate of drug-likeness (QED) is 0.147. The molecule has 50 heavy (non-hydrogen) atoms. The number of carbonyl (C=O) groups excluding carboxylic acids is 3. The number of ether oxygens (including phenoxy) is 6. The molecule has 5 rings (SSSR count). The predicted molar refractivity (Wildman–Crippen MR) is 177 cm³/mol. The lowest BCUT2D eigenvalue weighted by molar-refractivity contribution is -0.168. The van der Waals surface area contributed by atoms with Crippen LogP contribution in [0.1, 0.15) is 42.7 Å². The van der Waals surface area contributed by atoms with Gasteiger partial charge >= 0.3 is 17.6 Å². The Kier molecular flexibility index (Phi) is 11.1. The average molecular weight is 688 g/mol. The topological polar surface area (TPSA) is 187 Å². The van der Waals surface area contributed by atoms with Gasteiger partial charge in [-0.05, 0) is 41.0 Å². The molecule has 2 heterocycles. The number of carbonyl (C=O) groups is 3. The summed E-state index contributed by atoms with van der Waals surface area (Å²) in [7, 11) is 3.12. The Bertz CT molecular complexity index is 1860. The van der Waals surface area contributed by atoms with E-state index in [1.54, 1.807) is 38.5 Å². The van der Waals surface area contributed by atoms with Crippen molar-refractivity contribution in [1.82, 2.24) is 9.55 Å². The molecule has 1 aromatic heterocycles. The van der Waals surface area contributed by atoms with Crippen LogP contribution in [0, 0.1) is 0 Å². The lowest BCUT2D eigenvalue weighted by Crippen LogP contribution is -2.44. The molecule has 1 saturated heterocycles. The number of aromatic nitrogens is 2. The van der Waals surface area contributed by atoms with Crippen LogP contribution in [-0.2, 0) is 38.9 Å². The van der Waals surface area contributed by atoms with E-state index >= 15 is 0 Å². The number of hydrogen-bond acceptors (Lipinski definition) is 11. The SMILES string of the molecule is COc1ccc(C(OC[C@H]2O[C@@H](n3ccc(=O)[nH]c3=O)[C@H](OC(C)=O)[C@@H]2OC(=O)CCC(N)=O)(c2ccccc2)c2ccc(OC)cc2)cc1. The van der Waals surface area contributed by atoms with Gasteiger partial charge in [0.15, 0.2) is 18.4 Å². The maximum absolute atomic E-state index is 13.0. The molecule has 1 amide bonds. The minimum Gasteiger partial charge on any atom is -0.497 e. The largest absolute Gasteiger partial charge is 0.497 e. The van der Waals surface area contributed by atoms with Crippen molar-refractivity contribution in [1.29, 1.82) is 0 Å². The Morgan fingerprint density at radius 2 is 1.38 bits per heavy atom. The van der Waals surface area contributed by atoms with Crippen molar-refractivity contribution in [3.63, 3.8) is 0 Å². The molecule has 1 fully saturated rings. The molecule has 3 aromatic carbocycles. The summed E-state index contributed by atoms with van der Waals surface area (Å²) in [6, 6.07) is 25.1. The van der Waals surface area contributed by atoms with Gasteiger partial charge in [-0.2, -0.15) is 0 Å². The number of esters is 2. The summed E-state index contributed by atoms with van der Waals surface area (Å²) in [5, 5.41) is 0. The number of aromatic amines is 1. The van der Waals surface area contributed by atoms with Crippen molar-refractivity contribution in [2.75, 3.05) is 20.8 Å². The Morgan fingerprint density at radius 3 is 1.90 bits per heavy atom. The van der Waals surface area contributed by atoms with Crippen LogP contribution >= 0.6 is 0 Å². The minimum atomic E-state index is -1.37. The summed E-state index contributed by atoms with van der Waals surface area (Å²) in [4.78, 5) is 63.8. The lowest BCUT2D eigenvalue weighted by atomic mass is 9.80. The maximum atomic E-state index is 13.0. The third-order valence-corrected chi connectivity index (χ3v) is 8.19. The van der Waals surface area contributed by atoms with Crippen LogP contribution in [0.5, 0.6) is 11.5 Å². The third-order valence-electron chi connectivity index (χ3n) is 8.19. The van der Waals surface area contributed by atoms with E-state index in [1.165, 1.54) is 6.20 Å². The number of rotatable bonds is 14. The van der Waals surface area contributed by atoms with Crippen LogP contribution < -0.4 is 26.5 Å². The Hall–Kier alpha value is -5.73. The number of H-pyrrole nitrogens is 1. The molecule has 4 aromatic rings. The van der Waals surface area contributed by atoms with Gasteiger partial charge in [-0.15, -0.1) is 0 Å². The number of primary amides is 1. The molecular weight excluding hydrogens is 650 g/mol. The van der Waals surface area contributed by atoms with E-state index in [4.69, 9.17) is 34.2 Å². The maximum Gasteiger partial charge on any atom is 0.330 e. The zero-order valence-electron chi connectivity index (χ0n) is 27.6. The summed E-state index contributed by atoms with van der Waals surface area (Å²) in [6.07, 6.45) is -4.67. The number of methoxy groups -OCH3 is 2. The fraction of sp³-hybridized carbons (Fsp3) is 0.306. The number of nitrogens with two attached hydrogens (primary N) is 1. The van der Waals surface area contributed by atoms with Crippen LogP contribution in [0.2, 0.25) is 0 Å². The number of hydrogen-bond donors (Lipinski definition) is 2. The highest BCUT2D eigenvalue weighted by Crippen LogP contribution is 2.43. The van der Waals surface area contributed by atoms with Crippen LogP contribution in [0.4, 0.5) is 0 Å². The van der Waals surface area contributed by atoms with Gasteiger partial charge in [-0.25, -0.2) is 4.79 Å². The van der Waals surface area contributed by atoms with Gasteiger partial charge in [0.1, 0.15) is 23.2 Å². The van der Waals surface area contributed by atoms with Gasteiger partial charge in [-0.3, -0.25) is 28.7 Å². The molecule has 0 saturated carbocycles. The number of nitrogens with one attached hydrogen (secondary N) is 1. The van der Waals surface area contributed by atoms with Crippen molar-refractivity contribution in [3.05, 3.63) is 129 Å². The smallest absolute Gasteiger partial charge is 0.330 e. The molecular formula is C36H37N3O11. The fourth-order valence-corrected chi connectivity index (χ4v) is 5.87. The molecule has 0 radical (unpaired) electrons. The zero-order chi connectivity index (χ0) is 35.8. The van der Waals surface area contributed by atoms with Crippen LogP contribution in [0.25, 0.3) is 0 Å². The van der Waals surface area contributed by atoms with Crippen molar-refractivity contribution >= 4 is 17.8 Å². The predicted octanol–water partition coefficient (Wildman–Crippen LogP) is 2.57. The second kappa shape index (κ2) is 15.7. The van der Waals surface area contributed by atoms with Gasteiger partial charge in [0.25, 0.3) is 5.56 Å². The van der Waals surface area contributed by atoms with Crippen LogP contribution in [0.15, 0.2) is 101 Å². The molecule has 262 valence electrons. The summed E-state index contributed by atoms with van der Waals surface area (Å²) in [5.41, 5.74) is 4.56. The van der Waals surface area contributed by atoms with E-state index in [-0.39, 0.29) is 19.4 Å². The summed E-state index contributed by atoms with van der Waals surface area (Å²) in [6.45, 7) is 0.864. The third kappa shape index (κ3) is 7.77. The normalized spacial score (nSPS) is 18.6. The summed E-state index contributed by atoms with van der Waals surface area (Å²) < 4.78 is 36.5. The van der Waals surface area contributed by atoms with Gasteiger partial charge in [0.05, 0.1) is 27.2 Å². The zero-order valence-corrected chi connectivity index (χ0v) is 27.6. The number of benzene rings is 3. The second-order valence-electron chi connectivity index (χ2n) is 11.4. The highest BCUT2D eigenvalue weighted by atomic mass is 16.7. The van der Waals surface area contributed by atoms with E-state index in [0.717, 1.165) is 23.1 Å². The molecule has 1 aliphatic heterocycles. The first-order chi connectivity index (χ1) is 24.0. The molecule has 0 spiro atoms. The first kappa shape index (κ1) is 35.6. The molecule has 1 aliphatic rings. The monoisotopic (exact) mass is 687 g/mol. The molecule has 0 aliphatic carbocycles. The van der Waals surface area contributed by atoms with Crippen molar-refractivity contribution in [2.45, 2.75) is 49.9 Å². The second-order valence-corrected chi connectivity index (χ2v) is 11.4. The van der Waals surface area contributed by atoms with Gasteiger partial charge in [0, 0.05) is 25.6 Å². The highest BCUT2D eigenvalue weighted by Gasteiger charge is 2.52. The minimum absolute atomic E-state index is 0.285. The van der Waals surface area contributed by atoms with Gasteiger partial charge in [0.2, 0.25) is 5.91 Å². The number of nitrogens with zero attached hydrogens (tertiary/aromatic N) is 1. The van der Waals surface area contributed by atoms with Gasteiger partial charge < -0.3 is 34.2 Å². The Morgan fingerprint density at radius 1 is 0.800 bits per heavy atom. The van der Waals surface area contributed by atoms with E-state index in [0.29, 0.717) is 22.6 Å². The molecule has 14 heteroatoms. The molecule has 0 unspecified atom stereocenters.